The number of benzene rings is 1. The average molecular weight is 184 g/mol. The molecule has 0 heterocycles. The molecular weight excluding hydrogens is 174 g/mol. The van der Waals surface area contributed by atoms with Gasteiger partial charge in [0.05, 0.1) is 0 Å². The van der Waals surface area contributed by atoms with Crippen molar-refractivity contribution in [1.82, 2.24) is 0 Å². The highest BCUT2D eigenvalue weighted by molar-refractivity contribution is 6.69. The van der Waals surface area contributed by atoms with Gasteiger partial charge in [-0.05, 0) is 6.92 Å². The molecule has 1 aromatic carbocycles. The third-order valence-electron chi connectivity index (χ3n) is 1.29. The van der Waals surface area contributed by atoms with Gasteiger partial charge in [-0.3, -0.25) is 0 Å². The first-order valence-electron chi connectivity index (χ1n) is 3.75. The van der Waals surface area contributed by atoms with E-state index in [9.17, 15) is 0 Å². The van der Waals surface area contributed by atoms with E-state index in [0.717, 1.165) is 5.56 Å². The van der Waals surface area contributed by atoms with Crippen LogP contribution in [0.5, 0.6) is 0 Å². The van der Waals surface area contributed by atoms with Crippen LogP contribution < -0.4 is 0 Å². The van der Waals surface area contributed by atoms with Gasteiger partial charge in [-0.2, -0.15) is 0 Å². The first kappa shape index (κ1) is 9.07. The Kier molecular flexibility index (Phi) is 3.61. The number of hydrogen-bond donors (Lipinski definition) is 0. The van der Waals surface area contributed by atoms with Crippen molar-refractivity contribution in [3.63, 3.8) is 0 Å². The summed E-state index contributed by atoms with van der Waals surface area (Å²) < 4.78 is 0. The second-order valence-electron chi connectivity index (χ2n) is 2.17. The lowest BCUT2D eigenvalue weighted by molar-refractivity contribution is 0.160. The maximum Gasteiger partial charge on any atom is 0.175 e. The van der Waals surface area contributed by atoms with Gasteiger partial charge in [-0.1, -0.05) is 47.1 Å². The minimum Gasteiger partial charge on any atom is -0.395 e. The molecular formula is C9H10ClNO. The molecule has 0 fully saturated rings. The largest absolute Gasteiger partial charge is 0.395 e. The zero-order valence-corrected chi connectivity index (χ0v) is 7.58. The van der Waals surface area contributed by atoms with Crippen LogP contribution in [-0.4, -0.2) is 11.8 Å². The lowest BCUT2D eigenvalue weighted by atomic mass is 10.2. The molecule has 0 radical (unpaired) electrons. The predicted molar refractivity (Wildman–Crippen MR) is 50.5 cm³/mol. The molecule has 0 bridgehead atoms. The lowest BCUT2D eigenvalue weighted by Crippen LogP contribution is -1.92. The van der Waals surface area contributed by atoms with Gasteiger partial charge in [0, 0.05) is 5.56 Å². The van der Waals surface area contributed by atoms with Gasteiger partial charge in [0.15, 0.2) is 5.17 Å². The maximum absolute atomic E-state index is 5.81. The molecule has 3 heteroatoms. The fraction of sp³-hybridized carbons (Fsp3) is 0.222. The van der Waals surface area contributed by atoms with Crippen molar-refractivity contribution in [2.75, 3.05) is 6.61 Å². The van der Waals surface area contributed by atoms with Crippen LogP contribution in [0.4, 0.5) is 0 Å². The van der Waals surface area contributed by atoms with Crippen molar-refractivity contribution in [1.29, 1.82) is 0 Å². The molecule has 1 rings (SSSR count). The van der Waals surface area contributed by atoms with Crippen LogP contribution in [0.15, 0.2) is 35.5 Å². The summed E-state index contributed by atoms with van der Waals surface area (Å²) in [5.41, 5.74) is 0.868. The molecule has 0 aliphatic heterocycles. The van der Waals surface area contributed by atoms with Crippen molar-refractivity contribution in [3.8, 4) is 0 Å². The molecule has 0 N–H and O–H groups in total. The summed E-state index contributed by atoms with van der Waals surface area (Å²) >= 11 is 5.81. The fourth-order valence-corrected chi connectivity index (χ4v) is 0.924. The SMILES string of the molecule is CCO/N=C(/Cl)c1ccccc1. The number of oxime groups is 1. The number of rotatable bonds is 3. The molecule has 0 saturated heterocycles. The molecule has 1 aromatic rings. The average Bonchev–Trinajstić information content (AvgIpc) is 2.15. The van der Waals surface area contributed by atoms with E-state index in [1.54, 1.807) is 0 Å². The van der Waals surface area contributed by atoms with E-state index in [2.05, 4.69) is 5.16 Å². The second-order valence-corrected chi connectivity index (χ2v) is 2.52. The molecule has 0 unspecified atom stereocenters. The molecule has 2 nitrogen and oxygen atoms in total. The van der Waals surface area contributed by atoms with Crippen molar-refractivity contribution in [2.45, 2.75) is 6.92 Å². The van der Waals surface area contributed by atoms with E-state index in [0.29, 0.717) is 11.8 Å². The normalized spacial score (nSPS) is 11.3. The fourth-order valence-electron chi connectivity index (χ4n) is 0.750. The molecule has 0 saturated carbocycles. The van der Waals surface area contributed by atoms with Crippen molar-refractivity contribution in [2.24, 2.45) is 5.16 Å². The van der Waals surface area contributed by atoms with E-state index in [-0.39, 0.29) is 0 Å². The highest BCUT2D eigenvalue weighted by Gasteiger charge is 1.97. The summed E-state index contributed by atoms with van der Waals surface area (Å²) in [6.07, 6.45) is 0. The summed E-state index contributed by atoms with van der Waals surface area (Å²) in [5, 5.41) is 4.08. The zero-order valence-electron chi connectivity index (χ0n) is 6.83. The van der Waals surface area contributed by atoms with Crippen LogP contribution in [0, 0.1) is 0 Å². The van der Waals surface area contributed by atoms with Crippen molar-refractivity contribution < 1.29 is 4.84 Å². The van der Waals surface area contributed by atoms with E-state index in [1.165, 1.54) is 0 Å². The third-order valence-corrected chi connectivity index (χ3v) is 1.57. The van der Waals surface area contributed by atoms with E-state index >= 15 is 0 Å². The highest BCUT2D eigenvalue weighted by atomic mass is 35.5. The molecule has 0 aliphatic carbocycles. The summed E-state index contributed by atoms with van der Waals surface area (Å²) in [4.78, 5) is 4.81. The molecule has 0 spiro atoms. The molecule has 12 heavy (non-hydrogen) atoms. The molecule has 0 amide bonds. The van der Waals surface area contributed by atoms with Gasteiger partial charge >= 0.3 is 0 Å². The second kappa shape index (κ2) is 4.78. The Morgan fingerprint density at radius 2 is 2.08 bits per heavy atom. The quantitative estimate of drug-likeness (QED) is 0.522. The van der Waals surface area contributed by atoms with Crippen LogP contribution in [0.2, 0.25) is 0 Å². The Bertz CT molecular complexity index is 258. The predicted octanol–water partition coefficient (Wildman–Crippen LogP) is 2.62. The topological polar surface area (TPSA) is 21.6 Å². The number of hydrogen-bond acceptors (Lipinski definition) is 2. The summed E-state index contributed by atoms with van der Waals surface area (Å²) in [5.74, 6) is 0. The minimum atomic E-state index is 0.387. The Hall–Kier alpha value is -1.02. The minimum absolute atomic E-state index is 0.387. The maximum atomic E-state index is 5.81. The van der Waals surface area contributed by atoms with Gasteiger partial charge in [-0.15, -0.1) is 0 Å². The van der Waals surface area contributed by atoms with Crippen LogP contribution in [0.3, 0.4) is 0 Å². The van der Waals surface area contributed by atoms with Crippen LogP contribution in [0.25, 0.3) is 0 Å². The van der Waals surface area contributed by atoms with E-state index in [4.69, 9.17) is 16.4 Å². The van der Waals surface area contributed by atoms with Gasteiger partial charge in [0.2, 0.25) is 0 Å². The standard InChI is InChI=1S/C9H10ClNO/c1-2-12-11-9(10)8-6-4-3-5-7-8/h3-7H,2H2,1H3/b11-9+. The molecule has 64 valence electrons. The van der Waals surface area contributed by atoms with Gasteiger partial charge in [0.1, 0.15) is 6.61 Å². The van der Waals surface area contributed by atoms with Gasteiger partial charge in [0.25, 0.3) is 0 Å². The van der Waals surface area contributed by atoms with Crippen molar-refractivity contribution >= 4 is 16.8 Å². The van der Waals surface area contributed by atoms with Crippen LogP contribution in [0.1, 0.15) is 12.5 Å². The first-order valence-corrected chi connectivity index (χ1v) is 4.13. The highest BCUT2D eigenvalue weighted by Crippen LogP contribution is 2.04. The van der Waals surface area contributed by atoms with E-state index in [1.807, 2.05) is 37.3 Å². The van der Waals surface area contributed by atoms with Crippen LogP contribution in [-0.2, 0) is 4.84 Å². The Morgan fingerprint density at radius 3 is 2.67 bits per heavy atom. The van der Waals surface area contributed by atoms with Crippen LogP contribution >= 0.6 is 11.6 Å². The smallest absolute Gasteiger partial charge is 0.175 e. The lowest BCUT2D eigenvalue weighted by Gasteiger charge is -1.96. The summed E-state index contributed by atoms with van der Waals surface area (Å²) in [7, 11) is 0. The Labute approximate surface area is 76.8 Å². The molecule has 0 atom stereocenters. The monoisotopic (exact) mass is 183 g/mol. The summed E-state index contributed by atoms with van der Waals surface area (Å²) in [6, 6.07) is 9.49. The number of halogens is 1. The third kappa shape index (κ3) is 2.55. The van der Waals surface area contributed by atoms with Gasteiger partial charge < -0.3 is 4.84 Å². The zero-order chi connectivity index (χ0) is 8.81. The molecule has 0 aliphatic rings. The Morgan fingerprint density at radius 1 is 1.42 bits per heavy atom. The van der Waals surface area contributed by atoms with Gasteiger partial charge in [-0.25, -0.2) is 0 Å². The van der Waals surface area contributed by atoms with Crippen molar-refractivity contribution in [3.05, 3.63) is 35.9 Å². The first-order chi connectivity index (χ1) is 5.84. The summed E-state index contributed by atoms with van der Waals surface area (Å²) in [6.45, 7) is 2.39. The number of nitrogens with zero attached hydrogens (tertiary/aromatic N) is 1. The van der Waals surface area contributed by atoms with E-state index < -0.39 is 0 Å². The Balaban J connectivity index is 2.71. The molecule has 0 aromatic heterocycles.